The van der Waals surface area contributed by atoms with Crippen molar-refractivity contribution < 1.29 is 9.84 Å². The Morgan fingerprint density at radius 1 is 1.33 bits per heavy atom. The molecular weight excluding hydrogens is 190 g/mol. The number of nitrogens with zero attached hydrogens (tertiary/aromatic N) is 1. The molecule has 0 aromatic heterocycles. The second-order valence-electron chi connectivity index (χ2n) is 4.66. The zero-order valence-corrected chi connectivity index (χ0v) is 10.2. The first-order valence-electron chi connectivity index (χ1n) is 6.14. The molecule has 1 heterocycles. The number of hydrogen-bond acceptors (Lipinski definition) is 3. The monoisotopic (exact) mass is 215 g/mol. The number of rotatable bonds is 6. The van der Waals surface area contributed by atoms with Crippen LogP contribution in [0.5, 0.6) is 0 Å². The van der Waals surface area contributed by atoms with E-state index in [2.05, 4.69) is 11.8 Å². The maximum atomic E-state index is 10.3. The molecule has 15 heavy (non-hydrogen) atoms. The molecule has 0 aromatic rings. The van der Waals surface area contributed by atoms with Crippen LogP contribution in [0.3, 0.4) is 0 Å². The molecule has 0 radical (unpaired) electrons. The summed E-state index contributed by atoms with van der Waals surface area (Å²) in [6, 6.07) is 0. The van der Waals surface area contributed by atoms with Crippen LogP contribution in [0, 0.1) is 0 Å². The summed E-state index contributed by atoms with van der Waals surface area (Å²) in [5.74, 6) is 0. The predicted octanol–water partition coefficient (Wildman–Crippen LogP) is 1.65. The van der Waals surface area contributed by atoms with Crippen LogP contribution in [0.2, 0.25) is 0 Å². The van der Waals surface area contributed by atoms with Crippen LogP contribution in [0.25, 0.3) is 0 Å². The van der Waals surface area contributed by atoms with E-state index in [1.54, 1.807) is 7.11 Å². The van der Waals surface area contributed by atoms with E-state index >= 15 is 0 Å². The van der Waals surface area contributed by atoms with Crippen molar-refractivity contribution in [2.24, 2.45) is 0 Å². The minimum atomic E-state index is -0.414. The number of likely N-dealkylation sites (tertiary alicyclic amines) is 1. The van der Waals surface area contributed by atoms with Gasteiger partial charge in [0.15, 0.2) is 0 Å². The average Bonchev–Trinajstić information content (AvgIpc) is 2.23. The lowest BCUT2D eigenvalue weighted by Crippen LogP contribution is -2.44. The Hall–Kier alpha value is -0.120. The molecule has 0 atom stereocenters. The summed E-state index contributed by atoms with van der Waals surface area (Å²) in [4.78, 5) is 2.45. The fourth-order valence-corrected chi connectivity index (χ4v) is 2.30. The largest absolute Gasteiger partial charge is 0.390 e. The van der Waals surface area contributed by atoms with Crippen molar-refractivity contribution in [1.29, 1.82) is 0 Å². The Morgan fingerprint density at radius 2 is 2.00 bits per heavy atom. The molecule has 0 saturated carbocycles. The molecule has 1 rings (SSSR count). The smallest absolute Gasteiger partial charge is 0.0673 e. The number of piperidine rings is 1. The maximum absolute atomic E-state index is 10.3. The van der Waals surface area contributed by atoms with Gasteiger partial charge >= 0.3 is 0 Å². The Kier molecular flexibility index (Phi) is 5.58. The second kappa shape index (κ2) is 6.46. The van der Waals surface area contributed by atoms with Gasteiger partial charge in [-0.3, -0.25) is 0 Å². The Morgan fingerprint density at radius 3 is 2.53 bits per heavy atom. The van der Waals surface area contributed by atoms with E-state index in [9.17, 15) is 5.11 Å². The van der Waals surface area contributed by atoms with Gasteiger partial charge in [-0.2, -0.15) is 0 Å². The van der Waals surface area contributed by atoms with Gasteiger partial charge in [-0.05, 0) is 38.6 Å². The first-order valence-corrected chi connectivity index (χ1v) is 6.14. The first kappa shape index (κ1) is 12.9. The van der Waals surface area contributed by atoms with Crippen LogP contribution in [0.15, 0.2) is 0 Å². The molecule has 1 aliphatic rings. The predicted molar refractivity (Wildman–Crippen MR) is 62.0 cm³/mol. The van der Waals surface area contributed by atoms with Gasteiger partial charge in [0.05, 0.1) is 5.60 Å². The zero-order valence-electron chi connectivity index (χ0n) is 10.2. The summed E-state index contributed by atoms with van der Waals surface area (Å²) >= 11 is 0. The SMILES string of the molecule is CCCN1CCC(O)(CCCOC)CC1. The second-order valence-corrected chi connectivity index (χ2v) is 4.66. The minimum Gasteiger partial charge on any atom is -0.390 e. The van der Waals surface area contributed by atoms with Crippen molar-refractivity contribution >= 4 is 0 Å². The Bertz CT molecular complexity index is 165. The van der Waals surface area contributed by atoms with E-state index < -0.39 is 5.60 Å². The first-order chi connectivity index (χ1) is 7.20. The van der Waals surface area contributed by atoms with Crippen LogP contribution < -0.4 is 0 Å². The van der Waals surface area contributed by atoms with E-state index in [-0.39, 0.29) is 0 Å². The van der Waals surface area contributed by atoms with Crippen LogP contribution in [-0.4, -0.2) is 49.0 Å². The third-order valence-electron chi connectivity index (χ3n) is 3.32. The summed E-state index contributed by atoms with van der Waals surface area (Å²) in [5, 5.41) is 10.3. The van der Waals surface area contributed by atoms with Gasteiger partial charge in [-0.15, -0.1) is 0 Å². The molecule has 1 fully saturated rings. The fourth-order valence-electron chi connectivity index (χ4n) is 2.30. The van der Waals surface area contributed by atoms with Crippen LogP contribution >= 0.6 is 0 Å². The third kappa shape index (κ3) is 4.49. The molecule has 0 bridgehead atoms. The van der Waals surface area contributed by atoms with E-state index in [1.165, 1.54) is 13.0 Å². The molecule has 3 heteroatoms. The van der Waals surface area contributed by atoms with Crippen molar-refractivity contribution in [1.82, 2.24) is 4.90 Å². The standard InChI is InChI=1S/C12H25NO2/c1-3-8-13-9-6-12(14,7-10-13)5-4-11-15-2/h14H,3-11H2,1-2H3. The number of ether oxygens (including phenoxy) is 1. The maximum Gasteiger partial charge on any atom is 0.0673 e. The van der Waals surface area contributed by atoms with Gasteiger partial charge in [0, 0.05) is 26.8 Å². The number of methoxy groups -OCH3 is 1. The van der Waals surface area contributed by atoms with E-state index in [4.69, 9.17) is 4.74 Å². The van der Waals surface area contributed by atoms with Crippen LogP contribution in [-0.2, 0) is 4.74 Å². The number of hydrogen-bond donors (Lipinski definition) is 1. The van der Waals surface area contributed by atoms with Crippen molar-refractivity contribution in [2.45, 2.75) is 44.6 Å². The van der Waals surface area contributed by atoms with Gasteiger partial charge in [0.25, 0.3) is 0 Å². The molecule has 0 unspecified atom stereocenters. The molecule has 1 saturated heterocycles. The van der Waals surface area contributed by atoms with Crippen molar-refractivity contribution in [2.75, 3.05) is 33.4 Å². The summed E-state index contributed by atoms with van der Waals surface area (Å²) < 4.78 is 5.02. The molecule has 0 spiro atoms. The van der Waals surface area contributed by atoms with Gasteiger partial charge in [0.2, 0.25) is 0 Å². The van der Waals surface area contributed by atoms with Crippen LogP contribution in [0.4, 0.5) is 0 Å². The lowest BCUT2D eigenvalue weighted by atomic mass is 9.87. The Labute approximate surface area is 93.4 Å². The summed E-state index contributed by atoms with van der Waals surface area (Å²) in [5.41, 5.74) is -0.414. The highest BCUT2D eigenvalue weighted by atomic mass is 16.5. The van der Waals surface area contributed by atoms with Crippen molar-refractivity contribution in [3.8, 4) is 0 Å². The highest BCUT2D eigenvalue weighted by Gasteiger charge is 2.31. The van der Waals surface area contributed by atoms with E-state index in [0.29, 0.717) is 0 Å². The van der Waals surface area contributed by atoms with Gasteiger partial charge in [0.1, 0.15) is 0 Å². The average molecular weight is 215 g/mol. The van der Waals surface area contributed by atoms with Gasteiger partial charge < -0.3 is 14.7 Å². The Balaban J connectivity index is 2.21. The molecule has 0 aromatic carbocycles. The summed E-state index contributed by atoms with van der Waals surface area (Å²) in [7, 11) is 1.72. The minimum absolute atomic E-state index is 0.414. The summed E-state index contributed by atoms with van der Waals surface area (Å²) in [6.45, 7) is 6.25. The molecule has 3 nitrogen and oxygen atoms in total. The highest BCUT2D eigenvalue weighted by Crippen LogP contribution is 2.26. The molecule has 90 valence electrons. The topological polar surface area (TPSA) is 32.7 Å². The van der Waals surface area contributed by atoms with Crippen molar-refractivity contribution in [3.63, 3.8) is 0 Å². The van der Waals surface area contributed by atoms with Gasteiger partial charge in [-0.25, -0.2) is 0 Å². The lowest BCUT2D eigenvalue weighted by molar-refractivity contribution is -0.0323. The highest BCUT2D eigenvalue weighted by molar-refractivity contribution is 4.85. The molecule has 0 amide bonds. The third-order valence-corrected chi connectivity index (χ3v) is 3.32. The molecular formula is C12H25NO2. The summed E-state index contributed by atoms with van der Waals surface area (Å²) in [6.07, 6.45) is 4.93. The fraction of sp³-hybridized carbons (Fsp3) is 1.00. The molecule has 0 aliphatic carbocycles. The zero-order chi connectivity index (χ0) is 11.1. The van der Waals surface area contributed by atoms with E-state index in [1.807, 2.05) is 0 Å². The molecule has 1 N–H and O–H groups in total. The van der Waals surface area contributed by atoms with Crippen molar-refractivity contribution in [3.05, 3.63) is 0 Å². The van der Waals surface area contributed by atoms with E-state index in [0.717, 1.165) is 45.4 Å². The molecule has 1 aliphatic heterocycles. The number of aliphatic hydroxyl groups is 1. The normalized spacial score (nSPS) is 21.8. The van der Waals surface area contributed by atoms with Gasteiger partial charge in [-0.1, -0.05) is 6.92 Å². The lowest BCUT2D eigenvalue weighted by Gasteiger charge is -2.38. The van der Waals surface area contributed by atoms with Crippen LogP contribution in [0.1, 0.15) is 39.0 Å². The quantitative estimate of drug-likeness (QED) is 0.684.